The quantitative estimate of drug-likeness (QED) is 0.517. The molecule has 1 heterocycles. The Morgan fingerprint density at radius 3 is 2.48 bits per heavy atom. The van der Waals surface area contributed by atoms with Gasteiger partial charge in [0, 0.05) is 18.1 Å². The molecular formula is C22H24N4O. The molecule has 2 aromatic carbocycles. The molecular weight excluding hydrogens is 336 g/mol. The van der Waals surface area contributed by atoms with Gasteiger partial charge in [0.25, 0.3) is 0 Å². The minimum absolute atomic E-state index is 0.0413. The minimum atomic E-state index is -0.0413. The van der Waals surface area contributed by atoms with E-state index in [1.165, 1.54) is 5.56 Å². The van der Waals surface area contributed by atoms with E-state index in [1.807, 2.05) is 44.2 Å². The van der Waals surface area contributed by atoms with Crippen LogP contribution in [0.3, 0.4) is 0 Å². The second-order valence-electron chi connectivity index (χ2n) is 6.38. The topological polar surface area (TPSA) is 59.7 Å². The summed E-state index contributed by atoms with van der Waals surface area (Å²) in [6.45, 7) is 6.12. The summed E-state index contributed by atoms with van der Waals surface area (Å²) in [6, 6.07) is 17.9. The summed E-state index contributed by atoms with van der Waals surface area (Å²) in [5.41, 5.74) is 4.06. The molecule has 0 bridgehead atoms. The number of benzene rings is 2. The van der Waals surface area contributed by atoms with Gasteiger partial charge in [-0.15, -0.1) is 5.11 Å². The first-order chi connectivity index (χ1) is 13.1. The van der Waals surface area contributed by atoms with Gasteiger partial charge in [0.05, 0.1) is 18.8 Å². The molecule has 0 saturated heterocycles. The number of aromatic nitrogens is 2. The van der Waals surface area contributed by atoms with Gasteiger partial charge in [-0.1, -0.05) is 48.9 Å². The van der Waals surface area contributed by atoms with Crippen LogP contribution in [0.15, 0.2) is 64.8 Å². The summed E-state index contributed by atoms with van der Waals surface area (Å²) in [4.78, 5) is 9.13. The van der Waals surface area contributed by atoms with Gasteiger partial charge in [0.1, 0.15) is 11.6 Å². The number of ether oxygens (including phenoxy) is 1. The molecule has 0 spiro atoms. The van der Waals surface area contributed by atoms with Crippen LogP contribution in [-0.4, -0.2) is 17.1 Å². The maximum Gasteiger partial charge on any atom is 0.177 e. The number of azo groups is 1. The van der Waals surface area contributed by atoms with E-state index in [4.69, 9.17) is 4.74 Å². The Balaban J connectivity index is 1.92. The number of hydrogen-bond acceptors (Lipinski definition) is 5. The van der Waals surface area contributed by atoms with Crippen LogP contribution in [0.5, 0.6) is 5.75 Å². The summed E-state index contributed by atoms with van der Waals surface area (Å²) in [5.74, 6) is 2.06. The highest BCUT2D eigenvalue weighted by Crippen LogP contribution is 2.30. The zero-order valence-electron chi connectivity index (χ0n) is 16.2. The van der Waals surface area contributed by atoms with Gasteiger partial charge in [0.2, 0.25) is 0 Å². The Labute approximate surface area is 160 Å². The van der Waals surface area contributed by atoms with Gasteiger partial charge in [-0.05, 0) is 31.5 Å². The maximum absolute atomic E-state index is 5.46. The Kier molecular flexibility index (Phi) is 5.91. The highest BCUT2D eigenvalue weighted by Gasteiger charge is 2.10. The lowest BCUT2D eigenvalue weighted by Crippen LogP contribution is -1.97. The van der Waals surface area contributed by atoms with Crippen LogP contribution in [0.1, 0.15) is 36.8 Å². The van der Waals surface area contributed by atoms with E-state index >= 15 is 0 Å². The standard InChI is InChI=1S/C22H24N4O/c1-5-21-23-19(18-8-6-7-9-20(18)27-4)14-22(24-21)26-25-16(3)17-12-10-15(2)11-13-17/h6-14,16H,5H2,1-4H3. The van der Waals surface area contributed by atoms with Gasteiger partial charge >= 0.3 is 0 Å². The molecule has 0 aliphatic carbocycles. The maximum atomic E-state index is 5.46. The third kappa shape index (κ3) is 4.56. The van der Waals surface area contributed by atoms with Crippen molar-refractivity contribution in [2.45, 2.75) is 33.2 Å². The van der Waals surface area contributed by atoms with Gasteiger partial charge in [-0.2, -0.15) is 5.11 Å². The molecule has 3 aromatic rings. The van der Waals surface area contributed by atoms with Crippen molar-refractivity contribution in [1.29, 1.82) is 0 Å². The van der Waals surface area contributed by atoms with E-state index in [0.717, 1.165) is 34.8 Å². The van der Waals surface area contributed by atoms with Gasteiger partial charge in [0.15, 0.2) is 5.82 Å². The van der Waals surface area contributed by atoms with Crippen LogP contribution < -0.4 is 4.74 Å². The van der Waals surface area contributed by atoms with E-state index in [2.05, 4.69) is 51.4 Å². The molecule has 5 heteroatoms. The molecule has 0 saturated carbocycles. The number of hydrogen-bond donors (Lipinski definition) is 0. The second-order valence-corrected chi connectivity index (χ2v) is 6.38. The average molecular weight is 360 g/mol. The van der Waals surface area contributed by atoms with E-state index in [-0.39, 0.29) is 6.04 Å². The number of nitrogens with zero attached hydrogens (tertiary/aromatic N) is 4. The van der Waals surface area contributed by atoms with Crippen molar-refractivity contribution < 1.29 is 4.74 Å². The molecule has 27 heavy (non-hydrogen) atoms. The summed E-state index contributed by atoms with van der Waals surface area (Å²) >= 11 is 0. The highest BCUT2D eigenvalue weighted by molar-refractivity contribution is 5.68. The van der Waals surface area contributed by atoms with Gasteiger partial charge in [-0.3, -0.25) is 0 Å². The van der Waals surface area contributed by atoms with Crippen LogP contribution in [0, 0.1) is 6.92 Å². The SMILES string of the molecule is CCc1nc(N=NC(C)c2ccc(C)cc2)cc(-c2ccccc2OC)n1. The van der Waals surface area contributed by atoms with Crippen LogP contribution in [-0.2, 0) is 6.42 Å². The minimum Gasteiger partial charge on any atom is -0.496 e. The molecule has 1 unspecified atom stereocenters. The Hall–Kier alpha value is -3.08. The zero-order valence-corrected chi connectivity index (χ0v) is 16.2. The summed E-state index contributed by atoms with van der Waals surface area (Å²) in [5, 5.41) is 8.84. The van der Waals surface area contributed by atoms with Crippen molar-refractivity contribution >= 4 is 5.82 Å². The molecule has 0 aliphatic heterocycles. The average Bonchev–Trinajstić information content (AvgIpc) is 2.72. The molecule has 0 aliphatic rings. The Bertz CT molecular complexity index is 935. The second kappa shape index (κ2) is 8.54. The van der Waals surface area contributed by atoms with Crippen molar-refractivity contribution in [2.75, 3.05) is 7.11 Å². The van der Waals surface area contributed by atoms with Crippen LogP contribution >= 0.6 is 0 Å². The van der Waals surface area contributed by atoms with Crippen LogP contribution in [0.2, 0.25) is 0 Å². The highest BCUT2D eigenvalue weighted by atomic mass is 16.5. The number of methoxy groups -OCH3 is 1. The first kappa shape index (κ1) is 18.7. The molecule has 1 aromatic heterocycles. The lowest BCUT2D eigenvalue weighted by Gasteiger charge is -2.09. The van der Waals surface area contributed by atoms with E-state index < -0.39 is 0 Å². The fourth-order valence-corrected chi connectivity index (χ4v) is 2.74. The Morgan fingerprint density at radius 1 is 1.04 bits per heavy atom. The van der Waals surface area contributed by atoms with Crippen LogP contribution in [0.25, 0.3) is 11.3 Å². The van der Waals surface area contributed by atoms with Crippen molar-refractivity contribution in [2.24, 2.45) is 10.2 Å². The zero-order chi connectivity index (χ0) is 19.2. The molecule has 0 radical (unpaired) electrons. The van der Waals surface area contributed by atoms with Gasteiger partial charge < -0.3 is 4.74 Å². The van der Waals surface area contributed by atoms with Crippen molar-refractivity contribution in [3.63, 3.8) is 0 Å². The van der Waals surface area contributed by atoms with Crippen molar-refractivity contribution in [1.82, 2.24) is 9.97 Å². The van der Waals surface area contributed by atoms with Crippen molar-refractivity contribution in [3.05, 3.63) is 71.5 Å². The molecule has 0 fully saturated rings. The monoisotopic (exact) mass is 360 g/mol. The summed E-state index contributed by atoms with van der Waals surface area (Å²) < 4.78 is 5.46. The summed E-state index contributed by atoms with van der Waals surface area (Å²) in [7, 11) is 1.66. The summed E-state index contributed by atoms with van der Waals surface area (Å²) in [6.07, 6.45) is 0.721. The van der Waals surface area contributed by atoms with E-state index in [9.17, 15) is 0 Å². The largest absolute Gasteiger partial charge is 0.496 e. The normalized spacial score (nSPS) is 12.3. The predicted octanol–water partition coefficient (Wildman–Crippen LogP) is 5.87. The molecule has 138 valence electrons. The molecule has 0 amide bonds. The van der Waals surface area contributed by atoms with Gasteiger partial charge in [-0.25, -0.2) is 9.97 Å². The third-order valence-corrected chi connectivity index (χ3v) is 4.35. The predicted molar refractivity (Wildman–Crippen MR) is 108 cm³/mol. The van der Waals surface area contributed by atoms with Crippen LogP contribution in [0.4, 0.5) is 5.82 Å². The molecule has 0 N–H and O–H groups in total. The fraction of sp³-hybridized carbons (Fsp3) is 0.273. The molecule has 1 atom stereocenters. The lowest BCUT2D eigenvalue weighted by molar-refractivity contribution is 0.416. The smallest absolute Gasteiger partial charge is 0.177 e. The first-order valence-electron chi connectivity index (χ1n) is 9.09. The number of para-hydroxylation sites is 1. The first-order valence-corrected chi connectivity index (χ1v) is 9.09. The van der Waals surface area contributed by atoms with E-state index in [1.54, 1.807) is 7.11 Å². The molecule has 5 nitrogen and oxygen atoms in total. The number of rotatable bonds is 6. The van der Waals surface area contributed by atoms with Crippen molar-refractivity contribution in [3.8, 4) is 17.0 Å². The fourth-order valence-electron chi connectivity index (χ4n) is 2.74. The number of aryl methyl sites for hydroxylation is 2. The third-order valence-electron chi connectivity index (χ3n) is 4.35. The molecule has 3 rings (SSSR count). The lowest BCUT2D eigenvalue weighted by atomic mass is 10.1. The van der Waals surface area contributed by atoms with E-state index in [0.29, 0.717) is 5.82 Å². The Morgan fingerprint density at radius 2 is 1.78 bits per heavy atom.